The van der Waals surface area contributed by atoms with Gasteiger partial charge in [0.2, 0.25) is 4.38 Å². The van der Waals surface area contributed by atoms with Gasteiger partial charge in [-0.15, -0.1) is 0 Å². The monoisotopic (exact) mass is 475 g/mol. The molecule has 0 fully saturated rings. The van der Waals surface area contributed by atoms with E-state index in [1.165, 1.54) is 11.8 Å². The van der Waals surface area contributed by atoms with Crippen LogP contribution in [0.4, 0.5) is 4.79 Å². The number of thioether (sulfide) groups is 1. The van der Waals surface area contributed by atoms with E-state index in [-0.39, 0.29) is 11.0 Å². The normalized spacial score (nSPS) is 12.2. The fourth-order valence-electron chi connectivity index (χ4n) is 2.07. The van der Waals surface area contributed by atoms with Gasteiger partial charge in [0, 0.05) is 28.3 Å². The Morgan fingerprint density at radius 2 is 1.89 bits per heavy atom. The SMILES string of the molecule is CCOC(=S)SC(CCC(=O)c1ccc(Br)cc1)CNC(=O)OC(C)(C)C. The van der Waals surface area contributed by atoms with Crippen LogP contribution in [0.3, 0.4) is 0 Å². The van der Waals surface area contributed by atoms with Gasteiger partial charge in [0.1, 0.15) is 5.60 Å². The minimum atomic E-state index is -0.565. The third-order valence-electron chi connectivity index (χ3n) is 3.26. The second-order valence-corrected chi connectivity index (χ2v) is 9.59. The molecule has 0 radical (unpaired) electrons. The molecule has 1 amide bonds. The number of ether oxygens (including phenoxy) is 2. The summed E-state index contributed by atoms with van der Waals surface area (Å²) in [5, 5.41) is 2.66. The highest BCUT2D eigenvalue weighted by atomic mass is 79.9. The van der Waals surface area contributed by atoms with Crippen LogP contribution in [0, 0.1) is 0 Å². The van der Waals surface area contributed by atoms with Crippen LogP contribution >= 0.6 is 39.9 Å². The second-order valence-electron chi connectivity index (χ2n) is 6.77. The van der Waals surface area contributed by atoms with Crippen molar-refractivity contribution >= 4 is 56.2 Å². The average molecular weight is 476 g/mol. The van der Waals surface area contributed by atoms with Gasteiger partial charge < -0.3 is 14.8 Å². The van der Waals surface area contributed by atoms with E-state index >= 15 is 0 Å². The molecule has 0 heterocycles. The van der Waals surface area contributed by atoms with Crippen molar-refractivity contribution in [2.24, 2.45) is 0 Å². The Bertz CT molecular complexity index is 644. The van der Waals surface area contributed by atoms with Crippen molar-refractivity contribution in [1.82, 2.24) is 5.32 Å². The fraction of sp³-hybridized carbons (Fsp3) is 0.526. The molecule has 0 aliphatic carbocycles. The van der Waals surface area contributed by atoms with Gasteiger partial charge in [-0.1, -0.05) is 39.8 Å². The van der Waals surface area contributed by atoms with Crippen LogP contribution in [0.5, 0.6) is 0 Å². The number of benzene rings is 1. The number of alkyl carbamates (subject to hydrolysis) is 1. The second kappa shape index (κ2) is 11.7. The van der Waals surface area contributed by atoms with Gasteiger partial charge in [0.05, 0.1) is 6.61 Å². The van der Waals surface area contributed by atoms with Gasteiger partial charge in [-0.2, -0.15) is 0 Å². The molecule has 1 unspecified atom stereocenters. The third kappa shape index (κ3) is 10.7. The van der Waals surface area contributed by atoms with Crippen molar-refractivity contribution in [2.45, 2.75) is 51.4 Å². The van der Waals surface area contributed by atoms with Crippen LogP contribution in [0.25, 0.3) is 0 Å². The quantitative estimate of drug-likeness (QED) is 0.403. The van der Waals surface area contributed by atoms with Gasteiger partial charge in [-0.25, -0.2) is 4.79 Å². The number of carbonyl (C=O) groups is 2. The smallest absolute Gasteiger partial charge is 0.407 e. The van der Waals surface area contributed by atoms with E-state index in [9.17, 15) is 9.59 Å². The van der Waals surface area contributed by atoms with E-state index < -0.39 is 11.7 Å². The Morgan fingerprint density at radius 3 is 2.44 bits per heavy atom. The summed E-state index contributed by atoms with van der Waals surface area (Å²) in [5.74, 6) is 0.0488. The summed E-state index contributed by atoms with van der Waals surface area (Å²) in [6.07, 6.45) is 0.418. The summed E-state index contributed by atoms with van der Waals surface area (Å²) in [5.41, 5.74) is 0.0969. The van der Waals surface area contributed by atoms with Crippen LogP contribution in [0.1, 0.15) is 50.9 Å². The minimum Gasteiger partial charge on any atom is -0.479 e. The maximum Gasteiger partial charge on any atom is 0.407 e. The van der Waals surface area contributed by atoms with E-state index in [0.29, 0.717) is 35.9 Å². The van der Waals surface area contributed by atoms with E-state index in [1.54, 1.807) is 32.9 Å². The summed E-state index contributed by atoms with van der Waals surface area (Å²) >= 11 is 9.90. The lowest BCUT2D eigenvalue weighted by Gasteiger charge is -2.22. The molecule has 5 nitrogen and oxygen atoms in total. The van der Waals surface area contributed by atoms with Crippen LogP contribution in [-0.2, 0) is 9.47 Å². The Kier molecular flexibility index (Phi) is 10.3. The lowest BCUT2D eigenvalue weighted by atomic mass is 10.1. The lowest BCUT2D eigenvalue weighted by Crippen LogP contribution is -2.36. The molecular formula is C19H26BrNO4S2. The largest absolute Gasteiger partial charge is 0.479 e. The number of ketones is 1. The number of halogens is 1. The van der Waals surface area contributed by atoms with E-state index in [4.69, 9.17) is 21.7 Å². The third-order valence-corrected chi connectivity index (χ3v) is 5.24. The molecule has 27 heavy (non-hydrogen) atoms. The molecule has 1 N–H and O–H groups in total. The maximum atomic E-state index is 12.4. The van der Waals surface area contributed by atoms with Crippen molar-refractivity contribution in [3.8, 4) is 0 Å². The Morgan fingerprint density at radius 1 is 1.26 bits per heavy atom. The zero-order valence-corrected chi connectivity index (χ0v) is 19.3. The average Bonchev–Trinajstić information content (AvgIpc) is 2.56. The Labute approximate surface area is 179 Å². The highest BCUT2D eigenvalue weighted by molar-refractivity contribution is 9.10. The number of hydrogen-bond acceptors (Lipinski definition) is 6. The molecule has 1 aromatic carbocycles. The fourth-order valence-corrected chi connectivity index (χ4v) is 3.73. The predicted molar refractivity (Wildman–Crippen MR) is 118 cm³/mol. The summed E-state index contributed by atoms with van der Waals surface area (Å²) in [6, 6.07) is 7.26. The minimum absolute atomic E-state index is 0.0488. The first-order valence-electron chi connectivity index (χ1n) is 8.69. The van der Waals surface area contributed by atoms with E-state index in [2.05, 4.69) is 21.2 Å². The van der Waals surface area contributed by atoms with Crippen molar-refractivity contribution in [3.63, 3.8) is 0 Å². The number of amides is 1. The highest BCUT2D eigenvalue weighted by Crippen LogP contribution is 2.21. The van der Waals surface area contributed by atoms with Crippen LogP contribution in [0.15, 0.2) is 28.7 Å². The molecule has 8 heteroatoms. The standard InChI is InChI=1S/C19H26BrNO4S2/c1-5-24-18(26)27-15(12-21-17(23)25-19(2,3)4)10-11-16(22)13-6-8-14(20)9-7-13/h6-9,15H,5,10-12H2,1-4H3,(H,21,23). The lowest BCUT2D eigenvalue weighted by molar-refractivity contribution is 0.0528. The van der Waals surface area contributed by atoms with E-state index in [1.807, 2.05) is 19.1 Å². The number of hydrogen-bond donors (Lipinski definition) is 1. The van der Waals surface area contributed by atoms with Crippen molar-refractivity contribution < 1.29 is 19.1 Å². The summed E-state index contributed by atoms with van der Waals surface area (Å²) in [4.78, 5) is 24.3. The zero-order valence-electron chi connectivity index (χ0n) is 16.0. The first kappa shape index (κ1) is 23.9. The number of nitrogens with one attached hydrogen (secondary N) is 1. The van der Waals surface area contributed by atoms with Crippen molar-refractivity contribution in [2.75, 3.05) is 13.2 Å². The molecule has 0 saturated carbocycles. The summed E-state index contributed by atoms with van der Waals surface area (Å²) in [7, 11) is 0. The number of Topliss-reactive ketones (excluding diaryl/α,β-unsaturated/α-hetero) is 1. The molecular weight excluding hydrogens is 450 g/mol. The molecule has 1 aromatic rings. The number of rotatable bonds is 8. The van der Waals surface area contributed by atoms with Gasteiger partial charge in [0.25, 0.3) is 0 Å². The highest BCUT2D eigenvalue weighted by Gasteiger charge is 2.20. The first-order valence-corrected chi connectivity index (χ1v) is 10.8. The summed E-state index contributed by atoms with van der Waals surface area (Å²) in [6.45, 7) is 8.09. The molecule has 0 spiro atoms. The zero-order chi connectivity index (χ0) is 20.4. The molecule has 150 valence electrons. The Hall–Kier alpha value is -1.12. The van der Waals surface area contributed by atoms with Crippen LogP contribution < -0.4 is 5.32 Å². The molecule has 0 aromatic heterocycles. The van der Waals surface area contributed by atoms with Crippen LogP contribution in [-0.4, -0.2) is 40.3 Å². The first-order chi connectivity index (χ1) is 12.6. The molecule has 0 bridgehead atoms. The number of thiocarbonyl (C=S) groups is 1. The Balaban J connectivity index is 2.62. The van der Waals surface area contributed by atoms with Crippen LogP contribution in [0.2, 0.25) is 0 Å². The van der Waals surface area contributed by atoms with Crippen molar-refractivity contribution in [1.29, 1.82) is 0 Å². The van der Waals surface area contributed by atoms with Gasteiger partial charge >= 0.3 is 6.09 Å². The molecule has 0 saturated heterocycles. The predicted octanol–water partition coefficient (Wildman–Crippen LogP) is 5.36. The van der Waals surface area contributed by atoms with Gasteiger partial charge in [-0.3, -0.25) is 4.79 Å². The molecule has 0 aliphatic rings. The van der Waals surface area contributed by atoms with Gasteiger partial charge in [0.15, 0.2) is 5.78 Å². The van der Waals surface area contributed by atoms with Gasteiger partial charge in [-0.05, 0) is 58.5 Å². The number of carbonyl (C=O) groups excluding carboxylic acids is 2. The van der Waals surface area contributed by atoms with E-state index in [0.717, 1.165) is 4.47 Å². The topological polar surface area (TPSA) is 64.6 Å². The maximum absolute atomic E-state index is 12.4. The molecule has 1 rings (SSSR count). The molecule has 0 aliphatic heterocycles. The van der Waals surface area contributed by atoms with Crippen molar-refractivity contribution in [3.05, 3.63) is 34.3 Å². The molecule has 1 atom stereocenters. The summed E-state index contributed by atoms with van der Waals surface area (Å²) < 4.78 is 11.9.